The van der Waals surface area contributed by atoms with Crippen LogP contribution in [0.25, 0.3) is 0 Å². The molecule has 2 rings (SSSR count). The van der Waals surface area contributed by atoms with E-state index < -0.39 is 11.5 Å². The first-order valence-corrected chi connectivity index (χ1v) is 8.03. The summed E-state index contributed by atoms with van der Waals surface area (Å²) in [7, 11) is 0. The minimum absolute atomic E-state index is 0.151. The summed E-state index contributed by atoms with van der Waals surface area (Å²) in [5.41, 5.74) is -0.925. The molecule has 0 aromatic rings. The Hall–Kier alpha value is -1.57. The van der Waals surface area contributed by atoms with Gasteiger partial charge in [-0.2, -0.15) is 5.26 Å². The number of likely N-dealkylation sites (tertiary alicyclic amines) is 1. The van der Waals surface area contributed by atoms with E-state index in [4.69, 9.17) is 4.74 Å². The van der Waals surface area contributed by atoms with Gasteiger partial charge in [0.2, 0.25) is 5.91 Å². The average molecular weight is 292 g/mol. The predicted molar refractivity (Wildman–Crippen MR) is 77.1 cm³/mol. The second-order valence-electron chi connectivity index (χ2n) is 6.02. The monoisotopic (exact) mass is 292 g/mol. The number of nitrogens with zero attached hydrogens (tertiary/aromatic N) is 2. The van der Waals surface area contributed by atoms with Crippen LogP contribution in [0.3, 0.4) is 0 Å². The smallest absolute Gasteiger partial charge is 0.328 e. The van der Waals surface area contributed by atoms with E-state index >= 15 is 0 Å². The molecule has 116 valence electrons. The zero-order chi connectivity index (χ0) is 15.3. The molecular formula is C16H24N2O3. The van der Waals surface area contributed by atoms with Gasteiger partial charge in [-0.3, -0.25) is 4.79 Å². The van der Waals surface area contributed by atoms with Crippen LogP contribution < -0.4 is 0 Å². The fourth-order valence-electron chi connectivity index (χ4n) is 3.47. The van der Waals surface area contributed by atoms with Crippen LogP contribution in [-0.4, -0.2) is 36.0 Å². The molecule has 0 aromatic heterocycles. The topological polar surface area (TPSA) is 70.4 Å². The van der Waals surface area contributed by atoms with Gasteiger partial charge in [-0.25, -0.2) is 4.79 Å². The van der Waals surface area contributed by atoms with Gasteiger partial charge in [-0.1, -0.05) is 25.7 Å². The van der Waals surface area contributed by atoms with Crippen LogP contribution in [0.1, 0.15) is 58.3 Å². The molecule has 2 aliphatic rings. The zero-order valence-corrected chi connectivity index (χ0v) is 12.8. The number of carbonyl (C=O) groups excluding carboxylic acids is 2. The maximum absolute atomic E-state index is 12.9. The minimum atomic E-state index is -0.925. The highest BCUT2D eigenvalue weighted by molar-refractivity contribution is 5.90. The molecule has 21 heavy (non-hydrogen) atoms. The molecule has 1 amide bonds. The van der Waals surface area contributed by atoms with E-state index in [1.54, 1.807) is 11.8 Å². The van der Waals surface area contributed by atoms with E-state index in [1.807, 2.05) is 0 Å². The molecule has 5 nitrogen and oxygen atoms in total. The highest BCUT2D eigenvalue weighted by atomic mass is 16.5. The first-order valence-electron chi connectivity index (χ1n) is 8.03. The van der Waals surface area contributed by atoms with Crippen molar-refractivity contribution in [2.75, 3.05) is 13.2 Å². The predicted octanol–water partition coefficient (Wildman–Crippen LogP) is 2.40. The Morgan fingerprint density at radius 2 is 1.90 bits per heavy atom. The van der Waals surface area contributed by atoms with Crippen molar-refractivity contribution < 1.29 is 14.3 Å². The van der Waals surface area contributed by atoms with Gasteiger partial charge >= 0.3 is 5.97 Å². The van der Waals surface area contributed by atoms with E-state index in [9.17, 15) is 14.9 Å². The van der Waals surface area contributed by atoms with Crippen LogP contribution in [-0.2, 0) is 14.3 Å². The fourth-order valence-corrected chi connectivity index (χ4v) is 3.47. The lowest BCUT2D eigenvalue weighted by Crippen LogP contribution is -2.48. The third-order valence-corrected chi connectivity index (χ3v) is 4.65. The second-order valence-corrected chi connectivity index (χ2v) is 6.02. The third kappa shape index (κ3) is 3.20. The molecule has 1 aliphatic carbocycles. The molecule has 1 atom stereocenters. The molecule has 2 fully saturated rings. The summed E-state index contributed by atoms with van der Waals surface area (Å²) < 4.78 is 5.07. The largest absolute Gasteiger partial charge is 0.464 e. The van der Waals surface area contributed by atoms with Crippen molar-refractivity contribution in [1.82, 2.24) is 4.90 Å². The molecule has 0 N–H and O–H groups in total. The molecular weight excluding hydrogens is 268 g/mol. The van der Waals surface area contributed by atoms with Crippen LogP contribution in [0.4, 0.5) is 0 Å². The summed E-state index contributed by atoms with van der Waals surface area (Å²) in [6.07, 6.45) is 6.68. The van der Waals surface area contributed by atoms with Crippen LogP contribution in [0.2, 0.25) is 0 Å². The quantitative estimate of drug-likeness (QED) is 0.591. The van der Waals surface area contributed by atoms with Gasteiger partial charge in [0.15, 0.2) is 0 Å². The van der Waals surface area contributed by atoms with E-state index in [-0.39, 0.29) is 11.9 Å². The zero-order valence-electron chi connectivity index (χ0n) is 12.8. The number of ether oxygens (including phenoxy) is 1. The first-order chi connectivity index (χ1) is 10.1. The summed E-state index contributed by atoms with van der Waals surface area (Å²) in [6, 6.07) is 1.79. The third-order valence-electron chi connectivity index (χ3n) is 4.65. The van der Waals surface area contributed by atoms with Crippen LogP contribution in [0.15, 0.2) is 0 Å². The Balaban J connectivity index is 2.16. The fraction of sp³-hybridized carbons (Fsp3) is 0.812. The Morgan fingerprint density at radius 3 is 2.48 bits per heavy atom. The molecule has 1 heterocycles. The number of carbonyl (C=O) groups is 2. The lowest BCUT2D eigenvalue weighted by molar-refractivity contribution is -0.155. The lowest BCUT2D eigenvalue weighted by atomic mass is 9.80. The highest BCUT2D eigenvalue weighted by Crippen LogP contribution is 2.38. The summed E-state index contributed by atoms with van der Waals surface area (Å²) in [5, 5.41) is 9.61. The molecule has 0 spiro atoms. The van der Waals surface area contributed by atoms with Crippen molar-refractivity contribution in [3.63, 3.8) is 0 Å². The normalized spacial score (nSPS) is 25.0. The van der Waals surface area contributed by atoms with Gasteiger partial charge in [0.1, 0.15) is 11.5 Å². The van der Waals surface area contributed by atoms with Crippen molar-refractivity contribution in [2.45, 2.75) is 64.3 Å². The number of hydrogen-bond acceptors (Lipinski definition) is 4. The molecule has 0 bridgehead atoms. The SMILES string of the molecule is CCOC(=O)C1CCCN1C(=O)C1(C#N)CCCCCC1. The summed E-state index contributed by atoms with van der Waals surface area (Å²) >= 11 is 0. The molecule has 1 unspecified atom stereocenters. The number of nitriles is 1. The van der Waals surface area contributed by atoms with Gasteiger partial charge in [-0.05, 0) is 32.6 Å². The Morgan fingerprint density at radius 1 is 1.24 bits per heavy atom. The molecule has 5 heteroatoms. The Bertz CT molecular complexity index is 433. The molecule has 0 radical (unpaired) electrons. The molecule has 0 aromatic carbocycles. The van der Waals surface area contributed by atoms with Crippen molar-refractivity contribution in [2.24, 2.45) is 5.41 Å². The van der Waals surface area contributed by atoms with Crippen LogP contribution in [0, 0.1) is 16.7 Å². The Kier molecular flexibility index (Phi) is 5.22. The number of rotatable bonds is 3. The summed E-state index contributed by atoms with van der Waals surface area (Å²) in [4.78, 5) is 26.5. The summed E-state index contributed by atoms with van der Waals surface area (Å²) in [6.45, 7) is 2.65. The van der Waals surface area contributed by atoms with Crippen molar-refractivity contribution >= 4 is 11.9 Å². The van der Waals surface area contributed by atoms with Gasteiger partial charge in [0.05, 0.1) is 12.7 Å². The van der Waals surface area contributed by atoms with Crippen molar-refractivity contribution in [1.29, 1.82) is 5.26 Å². The second kappa shape index (κ2) is 6.93. The molecule has 1 aliphatic heterocycles. The van der Waals surface area contributed by atoms with E-state index in [2.05, 4.69) is 6.07 Å². The number of amides is 1. The van der Waals surface area contributed by atoms with Crippen LogP contribution >= 0.6 is 0 Å². The number of hydrogen-bond donors (Lipinski definition) is 0. The van der Waals surface area contributed by atoms with Gasteiger partial charge in [-0.15, -0.1) is 0 Å². The van der Waals surface area contributed by atoms with Crippen molar-refractivity contribution in [3.05, 3.63) is 0 Å². The Labute approximate surface area is 126 Å². The maximum atomic E-state index is 12.9. The molecule has 1 saturated heterocycles. The highest BCUT2D eigenvalue weighted by Gasteiger charge is 2.46. The van der Waals surface area contributed by atoms with Gasteiger partial charge in [0, 0.05) is 6.54 Å². The van der Waals surface area contributed by atoms with Crippen molar-refractivity contribution in [3.8, 4) is 6.07 Å². The van der Waals surface area contributed by atoms with Gasteiger partial charge < -0.3 is 9.64 Å². The van der Waals surface area contributed by atoms with E-state index in [0.717, 1.165) is 32.1 Å². The standard InChI is InChI=1S/C16H24N2O3/c1-2-21-14(19)13-8-7-11-18(13)15(20)16(12-17)9-5-3-4-6-10-16/h13H,2-11H2,1H3. The van der Waals surface area contributed by atoms with Crippen LogP contribution in [0.5, 0.6) is 0 Å². The molecule has 1 saturated carbocycles. The number of esters is 1. The van der Waals surface area contributed by atoms with E-state index in [1.165, 1.54) is 0 Å². The maximum Gasteiger partial charge on any atom is 0.328 e. The minimum Gasteiger partial charge on any atom is -0.464 e. The van der Waals surface area contributed by atoms with Gasteiger partial charge in [0.25, 0.3) is 0 Å². The average Bonchev–Trinajstić information content (AvgIpc) is 2.85. The lowest BCUT2D eigenvalue weighted by Gasteiger charge is -2.32. The van der Waals surface area contributed by atoms with E-state index in [0.29, 0.717) is 32.4 Å². The summed E-state index contributed by atoms with van der Waals surface area (Å²) in [5.74, 6) is -0.479. The first kappa shape index (κ1) is 15.8.